The number of hydrogen-bond acceptors (Lipinski definition) is 8. The third-order valence-electron chi connectivity index (χ3n) is 6.75. The first kappa shape index (κ1) is 51.8. The number of nitrogens with one attached hydrogen (secondary N) is 3. The molecule has 11 nitrogen and oxygen atoms in total. The van der Waals surface area contributed by atoms with Crippen LogP contribution in [0.3, 0.4) is 0 Å². The molecule has 4 aromatic rings. The second-order valence-electron chi connectivity index (χ2n) is 11.3. The summed E-state index contributed by atoms with van der Waals surface area (Å²) < 4.78 is 0.265. The van der Waals surface area contributed by atoms with Crippen molar-refractivity contribution in [3.05, 3.63) is 129 Å². The molecule has 2 aromatic heterocycles. The van der Waals surface area contributed by atoms with Gasteiger partial charge in [0.2, 0.25) is 0 Å². The molecule has 0 amide bonds. The molecule has 262 valence electrons. The van der Waals surface area contributed by atoms with Crippen LogP contribution in [0.25, 0.3) is 9.69 Å². The smallest absolute Gasteiger partial charge is 1.00 e. The van der Waals surface area contributed by atoms with Crippen LogP contribution in [0.4, 0.5) is 11.4 Å². The van der Waals surface area contributed by atoms with Crippen molar-refractivity contribution >= 4 is 53.4 Å². The van der Waals surface area contributed by atoms with Crippen LogP contribution in [0.1, 0.15) is 85.7 Å². The van der Waals surface area contributed by atoms with Gasteiger partial charge in [-0.05, 0) is 74.0 Å². The second kappa shape index (κ2) is 27.3. The summed E-state index contributed by atoms with van der Waals surface area (Å²) in [7, 11) is 0. The zero-order chi connectivity index (χ0) is 37.3. The summed E-state index contributed by atoms with van der Waals surface area (Å²) in [5.41, 5.74) is 8.08. The quantitative estimate of drug-likeness (QED) is 0.0296. The molecule has 0 aliphatic heterocycles. The summed E-state index contributed by atoms with van der Waals surface area (Å²) in [5, 5.41) is 9.00. The zero-order valence-electron chi connectivity index (χ0n) is 31.7. The van der Waals surface area contributed by atoms with Crippen LogP contribution in [0.5, 0.6) is 0 Å². The summed E-state index contributed by atoms with van der Waals surface area (Å²) >= 11 is 12.0. The molecule has 4 rings (SSSR count). The molecule has 0 radical (unpaired) electrons. The van der Waals surface area contributed by atoms with Crippen LogP contribution in [0, 0.1) is 45.6 Å². The number of carbonyl (C=O) groups excluding carboxylic acids is 1. The molecule has 51 heavy (non-hydrogen) atoms. The average molecular weight is 804 g/mol. The minimum atomic E-state index is -0.414. The van der Waals surface area contributed by atoms with Gasteiger partial charge in [0.15, 0.2) is 9.93 Å². The van der Waals surface area contributed by atoms with Gasteiger partial charge in [-0.15, -0.1) is 11.6 Å². The number of benzene rings is 2. The van der Waals surface area contributed by atoms with Gasteiger partial charge < -0.3 is 26.5 Å². The van der Waals surface area contributed by atoms with E-state index in [1.165, 1.54) is 45.1 Å². The Morgan fingerprint density at radius 1 is 0.902 bits per heavy atom. The fraction of sp³-hybridized carbons (Fsp3) is 0.343. The minimum Gasteiger partial charge on any atom is -1.00 e. The molecule has 0 unspecified atom stereocenters. The molecule has 0 saturated carbocycles. The number of H-pyrrole nitrogens is 3. The van der Waals surface area contributed by atoms with Crippen LogP contribution < -0.4 is 119 Å². The Morgan fingerprint density at radius 3 is 1.82 bits per heavy atom. The predicted molar refractivity (Wildman–Crippen MR) is 197 cm³/mol. The fourth-order valence-corrected chi connectivity index (χ4v) is 5.54. The molecule has 16 heteroatoms. The van der Waals surface area contributed by atoms with Crippen molar-refractivity contribution in [2.75, 3.05) is 0 Å². The molecule has 0 aliphatic carbocycles. The molecule has 3 N–H and O–H groups in total. The topological polar surface area (TPSA) is 152 Å². The van der Waals surface area contributed by atoms with E-state index in [4.69, 9.17) is 47.0 Å². The number of nitrogens with zero attached hydrogens (tertiary/aromatic N) is 3. The summed E-state index contributed by atoms with van der Waals surface area (Å²) in [4.78, 5) is 53.3. The van der Waals surface area contributed by atoms with E-state index in [2.05, 4.69) is 98.6 Å². The van der Waals surface area contributed by atoms with Crippen molar-refractivity contribution in [3.8, 4) is 0 Å². The van der Waals surface area contributed by atoms with Crippen molar-refractivity contribution in [2.45, 2.75) is 84.0 Å². The van der Waals surface area contributed by atoms with Crippen molar-refractivity contribution in [1.82, 2.24) is 19.9 Å². The predicted octanol–water partition coefficient (Wildman–Crippen LogP) is 2.06. The molecular formula is C35H41ClK2N6O5S2. The average Bonchev–Trinajstić information content (AvgIpc) is 3.06. The van der Waals surface area contributed by atoms with E-state index in [9.17, 15) is 9.59 Å². The van der Waals surface area contributed by atoms with Crippen molar-refractivity contribution in [1.29, 1.82) is 0 Å². The maximum absolute atomic E-state index is 12.0. The van der Waals surface area contributed by atoms with Gasteiger partial charge in [0, 0.05) is 17.3 Å². The number of aromatic nitrogens is 4. The minimum absolute atomic E-state index is 0. The molecule has 0 aliphatic rings. The van der Waals surface area contributed by atoms with Crippen molar-refractivity contribution in [3.63, 3.8) is 0 Å². The SMILES string of the molecule is Cc1ccc(C)c(CCl)c1.O=CO[O-].[C-]#[N+]c1c(C(C)C)[nH]c(=S)[nH]c1=O.[C-]#[N+]c1c(C(C)C)nc(SCc2cc(C)ccc2C)[nH]c1=O.[H-].[K+].[K+]. The third kappa shape index (κ3) is 18.1. The van der Waals surface area contributed by atoms with Gasteiger partial charge in [-0.25, -0.2) is 14.7 Å². The number of carbonyl (C=O) groups is 1. The maximum atomic E-state index is 12.0. The number of thioether (sulfide) groups is 1. The first-order valence-corrected chi connectivity index (χ1v) is 16.9. The monoisotopic (exact) mass is 802 g/mol. The Bertz CT molecular complexity index is 1990. The Labute approximate surface area is 400 Å². The molecule has 2 heterocycles. The molecule has 0 saturated heterocycles. The van der Waals surface area contributed by atoms with E-state index in [1.807, 2.05) is 27.7 Å². The molecule has 0 atom stereocenters. The van der Waals surface area contributed by atoms with Crippen LogP contribution in [0.2, 0.25) is 0 Å². The molecule has 2 aromatic carbocycles. The summed E-state index contributed by atoms with van der Waals surface area (Å²) in [6.07, 6.45) is 0. The van der Waals surface area contributed by atoms with Crippen LogP contribution in [0.15, 0.2) is 51.1 Å². The normalized spacial score (nSPS) is 9.53. The Balaban J connectivity index is -0.000000686. The van der Waals surface area contributed by atoms with Gasteiger partial charge >= 0.3 is 103 Å². The fourth-order valence-electron chi connectivity index (χ4n) is 4.11. The summed E-state index contributed by atoms with van der Waals surface area (Å²) in [6.45, 7) is 29.8. The number of halogens is 1. The van der Waals surface area contributed by atoms with Crippen molar-refractivity contribution < 1.29 is 119 Å². The Morgan fingerprint density at radius 2 is 1.39 bits per heavy atom. The van der Waals surface area contributed by atoms with Gasteiger partial charge in [0.25, 0.3) is 29.0 Å². The van der Waals surface area contributed by atoms with E-state index in [0.29, 0.717) is 22.4 Å². The van der Waals surface area contributed by atoms with E-state index >= 15 is 0 Å². The van der Waals surface area contributed by atoms with E-state index in [0.717, 1.165) is 5.75 Å². The van der Waals surface area contributed by atoms with Gasteiger partial charge in [0.1, 0.15) is 0 Å². The van der Waals surface area contributed by atoms with Gasteiger partial charge in [-0.1, -0.05) is 87.0 Å². The van der Waals surface area contributed by atoms with Gasteiger partial charge in [0.05, 0.1) is 18.8 Å². The summed E-state index contributed by atoms with van der Waals surface area (Å²) in [5.74, 6) is 1.50. The molecule has 0 bridgehead atoms. The van der Waals surface area contributed by atoms with Gasteiger partial charge in [-0.2, -0.15) is 0 Å². The first-order valence-electron chi connectivity index (χ1n) is 14.9. The largest absolute Gasteiger partial charge is 1.00 e. The second-order valence-corrected chi connectivity index (χ2v) is 12.9. The van der Waals surface area contributed by atoms with Crippen LogP contribution >= 0.6 is 35.6 Å². The number of alkyl halides is 1. The van der Waals surface area contributed by atoms with E-state index in [1.54, 1.807) is 0 Å². The van der Waals surface area contributed by atoms with Gasteiger partial charge in [-0.3, -0.25) is 14.4 Å². The number of aromatic amines is 3. The first-order chi connectivity index (χ1) is 23.1. The zero-order valence-corrected chi connectivity index (χ0v) is 39.3. The van der Waals surface area contributed by atoms with E-state index < -0.39 is 5.56 Å². The van der Waals surface area contributed by atoms with E-state index in [-0.39, 0.29) is 144 Å². The number of hydrogen-bond donors (Lipinski definition) is 3. The molecule has 0 fully saturated rings. The van der Waals surface area contributed by atoms with Crippen LogP contribution in [-0.2, 0) is 21.3 Å². The Kier molecular flexibility index (Phi) is 27.8. The maximum Gasteiger partial charge on any atom is 1.00 e. The number of aryl methyl sites for hydroxylation is 4. The standard InChI is InChI=1S/C17H19N3OS.C9H11Cl.C8H9N3OS.CH2O3.2K.H/c1-10(2)14-15(18-5)16(21)20-17(19-14)22-9-13-8-11(3)6-7-12(13)4;1-7-3-4-8(2)9(5-7)6-10;1-4(2)5-6(9-3)7(12)11-8(13)10-5;2-1-4-3;;;/h6-8,10H,9H2,1-4H3,(H,19,20,21);3-5H,6H2,1-2H3;4H,1-2H3,(H2,10,11,12,13);1,3H;;;/q;;;;2*+1;-1/p-1. The molecular weight excluding hydrogens is 762 g/mol. The third-order valence-corrected chi connectivity index (χ3v) is 8.16. The van der Waals surface area contributed by atoms with Crippen LogP contribution in [-0.4, -0.2) is 26.4 Å². The summed E-state index contributed by atoms with van der Waals surface area (Å²) in [6, 6.07) is 12.7. The Hall–Kier alpha value is -1.26. The molecule has 0 spiro atoms. The number of rotatable bonds is 7. The van der Waals surface area contributed by atoms with Crippen molar-refractivity contribution in [2.24, 2.45) is 0 Å².